The number of sulfonamides is 1. The van der Waals surface area contributed by atoms with Crippen LogP contribution in [0.4, 0.5) is 8.78 Å². The molecule has 1 N–H and O–H groups in total. The van der Waals surface area contributed by atoms with Crippen molar-refractivity contribution in [2.45, 2.75) is 31.1 Å². The number of rotatable bonds is 3. The van der Waals surface area contributed by atoms with Gasteiger partial charge in [-0.25, -0.2) is 21.9 Å². The molecule has 21 heavy (non-hydrogen) atoms. The molecule has 0 aliphatic heterocycles. The van der Waals surface area contributed by atoms with Crippen LogP contribution in [-0.4, -0.2) is 14.3 Å². The molecule has 8 heteroatoms. The maximum atomic E-state index is 13.7. The van der Waals surface area contributed by atoms with E-state index in [0.29, 0.717) is 18.8 Å². The van der Waals surface area contributed by atoms with Crippen molar-refractivity contribution in [2.75, 3.05) is 0 Å². The van der Waals surface area contributed by atoms with Crippen LogP contribution in [0.15, 0.2) is 17.0 Å². The first-order valence-corrected chi connectivity index (χ1v) is 8.28. The molecule has 2 unspecified atom stereocenters. The van der Waals surface area contributed by atoms with Gasteiger partial charge in [0, 0.05) is 5.92 Å². The largest absolute Gasteiger partial charge is 0.274 e. The molecule has 1 aromatic carbocycles. The average molecular weight is 338 g/mol. The van der Waals surface area contributed by atoms with Gasteiger partial charge in [0.25, 0.3) is 10.0 Å². The number of hydrogen-bond acceptors (Lipinski definition) is 3. The van der Waals surface area contributed by atoms with Crippen molar-refractivity contribution in [3.05, 3.63) is 28.8 Å². The van der Waals surface area contributed by atoms with E-state index >= 15 is 0 Å². The first-order chi connectivity index (χ1) is 9.72. The van der Waals surface area contributed by atoms with Gasteiger partial charge in [-0.3, -0.25) is 4.79 Å². The highest BCUT2D eigenvalue weighted by atomic mass is 35.5. The van der Waals surface area contributed by atoms with E-state index in [4.69, 9.17) is 11.6 Å². The summed E-state index contributed by atoms with van der Waals surface area (Å²) in [6.07, 6.45) is 1.97. The summed E-state index contributed by atoms with van der Waals surface area (Å²) >= 11 is 5.62. The number of halogens is 3. The Hall–Kier alpha value is -1.21. The van der Waals surface area contributed by atoms with Crippen LogP contribution >= 0.6 is 11.6 Å². The summed E-state index contributed by atoms with van der Waals surface area (Å²) in [4.78, 5) is 10.9. The van der Waals surface area contributed by atoms with E-state index in [2.05, 4.69) is 0 Å². The Labute approximate surface area is 126 Å². The second-order valence-electron chi connectivity index (χ2n) is 5.26. The fourth-order valence-electron chi connectivity index (χ4n) is 2.47. The molecule has 1 amide bonds. The zero-order valence-electron chi connectivity index (χ0n) is 11.2. The van der Waals surface area contributed by atoms with Gasteiger partial charge in [-0.05, 0) is 37.3 Å². The lowest BCUT2D eigenvalue weighted by Crippen LogP contribution is -2.35. The molecule has 0 saturated heterocycles. The molecule has 116 valence electrons. The molecule has 1 aliphatic carbocycles. The van der Waals surface area contributed by atoms with Crippen LogP contribution in [-0.2, 0) is 14.8 Å². The number of amides is 1. The van der Waals surface area contributed by atoms with Crippen molar-refractivity contribution >= 4 is 27.5 Å². The van der Waals surface area contributed by atoms with Gasteiger partial charge in [0.1, 0.15) is 4.90 Å². The van der Waals surface area contributed by atoms with Crippen LogP contribution in [0.2, 0.25) is 5.02 Å². The third-order valence-electron chi connectivity index (χ3n) is 3.57. The van der Waals surface area contributed by atoms with Gasteiger partial charge in [-0.2, -0.15) is 0 Å². The molecule has 0 aromatic heterocycles. The van der Waals surface area contributed by atoms with Crippen molar-refractivity contribution in [1.82, 2.24) is 4.72 Å². The first-order valence-electron chi connectivity index (χ1n) is 6.42. The highest BCUT2D eigenvalue weighted by Gasteiger charge is 2.33. The first kappa shape index (κ1) is 16.2. The number of carbonyl (C=O) groups is 1. The molecule has 2 rings (SSSR count). The second kappa shape index (κ2) is 5.88. The monoisotopic (exact) mass is 337 g/mol. The van der Waals surface area contributed by atoms with Crippen LogP contribution in [0.3, 0.4) is 0 Å². The number of carbonyl (C=O) groups excluding carboxylic acids is 1. The zero-order chi connectivity index (χ0) is 15.8. The van der Waals surface area contributed by atoms with Gasteiger partial charge in [0.05, 0.1) is 5.02 Å². The summed E-state index contributed by atoms with van der Waals surface area (Å²) in [5, 5.41) is -0.478. The molecule has 4 nitrogen and oxygen atoms in total. The van der Waals surface area contributed by atoms with E-state index in [9.17, 15) is 22.0 Å². The summed E-state index contributed by atoms with van der Waals surface area (Å²) in [7, 11) is -4.54. The fraction of sp³-hybridized carbons (Fsp3) is 0.462. The molecule has 1 fully saturated rings. The van der Waals surface area contributed by atoms with E-state index in [1.54, 1.807) is 4.72 Å². The van der Waals surface area contributed by atoms with Crippen molar-refractivity contribution in [3.63, 3.8) is 0 Å². The minimum absolute atomic E-state index is 0.331. The van der Waals surface area contributed by atoms with Crippen LogP contribution in [0.5, 0.6) is 0 Å². The van der Waals surface area contributed by atoms with E-state index < -0.39 is 43.4 Å². The minimum atomic E-state index is -4.54. The zero-order valence-corrected chi connectivity index (χ0v) is 12.8. The Morgan fingerprint density at radius 1 is 1.33 bits per heavy atom. The standard InChI is InChI=1S/C13H14ClF2NO3S/c1-7-2-3-8(6-7)13(18)17-21(19,20)12-9(14)4-5-10(15)11(12)16/h4-5,7-8H,2-3,6H2,1H3,(H,17,18). The Bertz CT molecular complexity index is 678. The smallest absolute Gasteiger partial charge is 0.268 e. The van der Waals surface area contributed by atoms with E-state index in [-0.39, 0.29) is 0 Å². The SMILES string of the molecule is CC1CCC(C(=O)NS(=O)(=O)c2c(Cl)ccc(F)c2F)C1. The predicted molar refractivity (Wildman–Crippen MR) is 73.2 cm³/mol. The van der Waals surface area contributed by atoms with Crippen LogP contribution < -0.4 is 4.72 Å². The molecular weight excluding hydrogens is 324 g/mol. The van der Waals surface area contributed by atoms with Crippen LogP contribution in [0.1, 0.15) is 26.2 Å². The van der Waals surface area contributed by atoms with Crippen molar-refractivity contribution in [1.29, 1.82) is 0 Å². The van der Waals surface area contributed by atoms with E-state index in [0.717, 1.165) is 18.6 Å². The Morgan fingerprint density at radius 2 is 2.00 bits per heavy atom. The lowest BCUT2D eigenvalue weighted by atomic mass is 10.1. The summed E-state index contributed by atoms with van der Waals surface area (Å²) in [6, 6.07) is 1.65. The van der Waals surface area contributed by atoms with Gasteiger partial charge in [-0.15, -0.1) is 0 Å². The molecule has 1 saturated carbocycles. The molecule has 0 bridgehead atoms. The normalized spacial score (nSPS) is 22.3. The van der Waals surface area contributed by atoms with Gasteiger partial charge in [0.15, 0.2) is 11.6 Å². The molecule has 2 atom stereocenters. The lowest BCUT2D eigenvalue weighted by molar-refractivity contribution is -0.123. The van der Waals surface area contributed by atoms with Gasteiger partial charge < -0.3 is 0 Å². The Kier molecular flexibility index (Phi) is 4.53. The predicted octanol–water partition coefficient (Wildman–Crippen LogP) is 2.86. The fourth-order valence-corrected chi connectivity index (χ4v) is 4.11. The molecule has 1 aliphatic rings. The molecule has 0 heterocycles. The minimum Gasteiger partial charge on any atom is -0.274 e. The molecule has 1 aromatic rings. The maximum absolute atomic E-state index is 13.7. The molecule has 0 radical (unpaired) electrons. The third-order valence-corrected chi connectivity index (χ3v) is 5.40. The quantitative estimate of drug-likeness (QED) is 0.863. The summed E-state index contributed by atoms with van der Waals surface area (Å²) in [5.41, 5.74) is 0. The summed E-state index contributed by atoms with van der Waals surface area (Å²) < 4.78 is 52.7. The highest BCUT2D eigenvalue weighted by molar-refractivity contribution is 7.90. The highest BCUT2D eigenvalue weighted by Crippen LogP contribution is 2.31. The van der Waals surface area contributed by atoms with Crippen LogP contribution in [0, 0.1) is 23.5 Å². The number of benzene rings is 1. The van der Waals surface area contributed by atoms with Gasteiger partial charge in [-0.1, -0.05) is 18.5 Å². The van der Waals surface area contributed by atoms with Crippen LogP contribution in [0.25, 0.3) is 0 Å². The van der Waals surface area contributed by atoms with Gasteiger partial charge in [0.2, 0.25) is 5.91 Å². The number of hydrogen-bond donors (Lipinski definition) is 1. The summed E-state index contributed by atoms with van der Waals surface area (Å²) in [5.74, 6) is -3.76. The lowest BCUT2D eigenvalue weighted by Gasteiger charge is -2.13. The Morgan fingerprint density at radius 3 is 2.57 bits per heavy atom. The van der Waals surface area contributed by atoms with Crippen molar-refractivity contribution in [3.8, 4) is 0 Å². The second-order valence-corrected chi connectivity index (χ2v) is 7.28. The van der Waals surface area contributed by atoms with Gasteiger partial charge >= 0.3 is 0 Å². The van der Waals surface area contributed by atoms with Crippen molar-refractivity contribution < 1.29 is 22.0 Å². The number of nitrogens with one attached hydrogen (secondary N) is 1. The topological polar surface area (TPSA) is 63.2 Å². The maximum Gasteiger partial charge on any atom is 0.268 e. The average Bonchev–Trinajstić information content (AvgIpc) is 2.80. The van der Waals surface area contributed by atoms with E-state index in [1.807, 2.05) is 6.92 Å². The molecule has 0 spiro atoms. The van der Waals surface area contributed by atoms with Crippen molar-refractivity contribution in [2.24, 2.45) is 11.8 Å². The molecular formula is C13H14ClF2NO3S. The van der Waals surface area contributed by atoms with E-state index in [1.165, 1.54) is 0 Å². The summed E-state index contributed by atoms with van der Waals surface area (Å²) in [6.45, 7) is 1.96. The third kappa shape index (κ3) is 3.35. The Balaban J connectivity index is 2.27.